The van der Waals surface area contributed by atoms with Gasteiger partial charge in [-0.1, -0.05) is 52.9 Å². The minimum Gasteiger partial charge on any atom is -0.327 e. The third-order valence-electron chi connectivity index (χ3n) is 2.95. The van der Waals surface area contributed by atoms with Gasteiger partial charge in [-0.2, -0.15) is 0 Å². The van der Waals surface area contributed by atoms with Gasteiger partial charge in [-0.05, 0) is 18.8 Å². The topological polar surface area (TPSA) is 26.0 Å². The molecule has 0 rings (SSSR count). The molecule has 0 aromatic carbocycles. The van der Waals surface area contributed by atoms with Gasteiger partial charge in [0.25, 0.3) is 0 Å². The highest BCUT2D eigenvalue weighted by atomic mass is 14.6. The zero-order valence-corrected chi connectivity index (χ0v) is 9.68. The predicted octanol–water partition coefficient (Wildman–Crippen LogP) is 3.72. The van der Waals surface area contributed by atoms with E-state index in [0.29, 0.717) is 6.04 Å². The summed E-state index contributed by atoms with van der Waals surface area (Å²) in [4.78, 5) is 0. The molecule has 1 nitrogen and oxygen atoms in total. The first-order chi connectivity index (χ1) is 6.26. The standard InChI is InChI=1S/C12H27N/c1-4-7-9-11(6-3)12(13)10-8-5-2/h11-12H,4-10,13H2,1-3H3. The highest BCUT2D eigenvalue weighted by Crippen LogP contribution is 2.18. The van der Waals surface area contributed by atoms with E-state index < -0.39 is 0 Å². The highest BCUT2D eigenvalue weighted by molar-refractivity contribution is 4.71. The second kappa shape index (κ2) is 8.55. The molecular weight excluding hydrogens is 158 g/mol. The van der Waals surface area contributed by atoms with Crippen LogP contribution in [0.2, 0.25) is 0 Å². The van der Waals surface area contributed by atoms with Gasteiger partial charge in [0.1, 0.15) is 0 Å². The molecule has 0 aliphatic heterocycles. The molecule has 0 bridgehead atoms. The van der Waals surface area contributed by atoms with E-state index in [1.165, 1.54) is 44.9 Å². The lowest BCUT2D eigenvalue weighted by Crippen LogP contribution is -2.29. The summed E-state index contributed by atoms with van der Waals surface area (Å²) < 4.78 is 0. The minimum atomic E-state index is 0.455. The number of hydrogen-bond donors (Lipinski definition) is 1. The zero-order chi connectivity index (χ0) is 10.1. The summed E-state index contributed by atoms with van der Waals surface area (Å²) in [5.74, 6) is 0.770. The first kappa shape index (κ1) is 13.0. The Labute approximate surface area is 84.1 Å². The second-order valence-corrected chi connectivity index (χ2v) is 4.12. The lowest BCUT2D eigenvalue weighted by molar-refractivity contribution is 0.349. The highest BCUT2D eigenvalue weighted by Gasteiger charge is 2.14. The molecular formula is C12H27N. The third kappa shape index (κ3) is 6.09. The van der Waals surface area contributed by atoms with Crippen molar-refractivity contribution in [3.8, 4) is 0 Å². The van der Waals surface area contributed by atoms with Crippen LogP contribution < -0.4 is 5.73 Å². The first-order valence-corrected chi connectivity index (χ1v) is 6.01. The lowest BCUT2D eigenvalue weighted by atomic mass is 9.89. The van der Waals surface area contributed by atoms with E-state index in [9.17, 15) is 0 Å². The Morgan fingerprint density at radius 1 is 0.923 bits per heavy atom. The predicted molar refractivity (Wildman–Crippen MR) is 60.8 cm³/mol. The van der Waals surface area contributed by atoms with Crippen molar-refractivity contribution in [1.29, 1.82) is 0 Å². The van der Waals surface area contributed by atoms with Gasteiger partial charge in [0.2, 0.25) is 0 Å². The Balaban J connectivity index is 3.63. The maximum atomic E-state index is 6.16. The molecule has 0 radical (unpaired) electrons. The number of nitrogens with two attached hydrogens (primary N) is 1. The molecule has 0 amide bonds. The van der Waals surface area contributed by atoms with Gasteiger partial charge >= 0.3 is 0 Å². The van der Waals surface area contributed by atoms with Crippen LogP contribution in [-0.2, 0) is 0 Å². The maximum Gasteiger partial charge on any atom is 0.00670 e. The Hall–Kier alpha value is -0.0400. The van der Waals surface area contributed by atoms with Crippen LogP contribution in [0.25, 0.3) is 0 Å². The molecule has 0 aromatic heterocycles. The number of rotatable bonds is 8. The second-order valence-electron chi connectivity index (χ2n) is 4.12. The summed E-state index contributed by atoms with van der Waals surface area (Å²) in [7, 11) is 0. The van der Waals surface area contributed by atoms with Crippen molar-refractivity contribution in [2.75, 3.05) is 0 Å². The molecule has 1 heteroatoms. The molecule has 0 saturated carbocycles. The van der Waals surface area contributed by atoms with E-state index in [2.05, 4.69) is 20.8 Å². The van der Waals surface area contributed by atoms with E-state index in [-0.39, 0.29) is 0 Å². The molecule has 0 aromatic rings. The van der Waals surface area contributed by atoms with E-state index in [1.807, 2.05) is 0 Å². The molecule has 0 fully saturated rings. The van der Waals surface area contributed by atoms with Crippen LogP contribution in [-0.4, -0.2) is 6.04 Å². The monoisotopic (exact) mass is 185 g/mol. The first-order valence-electron chi connectivity index (χ1n) is 6.01. The minimum absolute atomic E-state index is 0.455. The van der Waals surface area contributed by atoms with Crippen molar-refractivity contribution in [2.45, 2.75) is 71.8 Å². The Morgan fingerprint density at radius 3 is 1.92 bits per heavy atom. The van der Waals surface area contributed by atoms with Gasteiger partial charge < -0.3 is 5.73 Å². The smallest absolute Gasteiger partial charge is 0.00670 e. The molecule has 2 atom stereocenters. The molecule has 0 aliphatic rings. The van der Waals surface area contributed by atoms with E-state index in [4.69, 9.17) is 5.73 Å². The molecule has 2 N–H and O–H groups in total. The van der Waals surface area contributed by atoms with E-state index in [1.54, 1.807) is 0 Å². The molecule has 0 spiro atoms. The van der Waals surface area contributed by atoms with Crippen LogP contribution in [0.4, 0.5) is 0 Å². The molecule has 0 saturated heterocycles. The average Bonchev–Trinajstić information content (AvgIpc) is 2.16. The Bertz CT molecular complexity index is 101. The largest absolute Gasteiger partial charge is 0.327 e. The van der Waals surface area contributed by atoms with Crippen LogP contribution in [0.15, 0.2) is 0 Å². The fraction of sp³-hybridized carbons (Fsp3) is 1.00. The fourth-order valence-corrected chi connectivity index (χ4v) is 1.86. The van der Waals surface area contributed by atoms with Crippen molar-refractivity contribution in [1.82, 2.24) is 0 Å². The van der Waals surface area contributed by atoms with Crippen LogP contribution in [0.5, 0.6) is 0 Å². The molecule has 0 heterocycles. The zero-order valence-electron chi connectivity index (χ0n) is 9.68. The number of hydrogen-bond acceptors (Lipinski definition) is 1. The van der Waals surface area contributed by atoms with Crippen LogP contribution in [0.1, 0.15) is 65.7 Å². The van der Waals surface area contributed by atoms with Gasteiger partial charge in [-0.3, -0.25) is 0 Å². The van der Waals surface area contributed by atoms with Crippen LogP contribution in [0.3, 0.4) is 0 Å². The van der Waals surface area contributed by atoms with Crippen molar-refractivity contribution in [2.24, 2.45) is 11.7 Å². The van der Waals surface area contributed by atoms with Gasteiger partial charge in [0.15, 0.2) is 0 Å². The van der Waals surface area contributed by atoms with Crippen molar-refractivity contribution in [3.05, 3.63) is 0 Å². The van der Waals surface area contributed by atoms with Crippen molar-refractivity contribution < 1.29 is 0 Å². The number of unbranched alkanes of at least 4 members (excludes halogenated alkanes) is 2. The van der Waals surface area contributed by atoms with Crippen molar-refractivity contribution >= 4 is 0 Å². The summed E-state index contributed by atoms with van der Waals surface area (Å²) in [5.41, 5.74) is 6.16. The SMILES string of the molecule is CCCCC(N)C(CC)CCCC. The molecule has 13 heavy (non-hydrogen) atoms. The molecule has 0 aliphatic carbocycles. The summed E-state index contributed by atoms with van der Waals surface area (Å²) in [5, 5.41) is 0. The fourth-order valence-electron chi connectivity index (χ4n) is 1.86. The summed E-state index contributed by atoms with van der Waals surface area (Å²) in [6, 6.07) is 0.455. The van der Waals surface area contributed by atoms with Crippen molar-refractivity contribution in [3.63, 3.8) is 0 Å². The van der Waals surface area contributed by atoms with Crippen LogP contribution >= 0.6 is 0 Å². The molecule has 80 valence electrons. The quantitative estimate of drug-likeness (QED) is 0.613. The van der Waals surface area contributed by atoms with Crippen LogP contribution in [0, 0.1) is 5.92 Å². The third-order valence-corrected chi connectivity index (χ3v) is 2.95. The van der Waals surface area contributed by atoms with E-state index in [0.717, 1.165) is 5.92 Å². The summed E-state index contributed by atoms with van der Waals surface area (Å²) >= 11 is 0. The molecule has 2 unspecified atom stereocenters. The van der Waals surface area contributed by atoms with Gasteiger partial charge in [-0.25, -0.2) is 0 Å². The summed E-state index contributed by atoms with van der Waals surface area (Å²) in [6.07, 6.45) is 9.03. The maximum absolute atomic E-state index is 6.16. The lowest BCUT2D eigenvalue weighted by Gasteiger charge is -2.22. The van der Waals surface area contributed by atoms with Gasteiger partial charge in [0, 0.05) is 6.04 Å². The Morgan fingerprint density at radius 2 is 1.46 bits per heavy atom. The normalized spacial score (nSPS) is 15.7. The Kier molecular flexibility index (Phi) is 8.53. The van der Waals surface area contributed by atoms with Gasteiger partial charge in [-0.15, -0.1) is 0 Å². The average molecular weight is 185 g/mol. The van der Waals surface area contributed by atoms with Gasteiger partial charge in [0.05, 0.1) is 0 Å². The van der Waals surface area contributed by atoms with E-state index >= 15 is 0 Å². The summed E-state index contributed by atoms with van der Waals surface area (Å²) in [6.45, 7) is 6.76.